The number of hydrogen-bond donors (Lipinski definition) is 4. The summed E-state index contributed by atoms with van der Waals surface area (Å²) in [6, 6.07) is 7.66. The van der Waals surface area contributed by atoms with E-state index in [0.29, 0.717) is 11.5 Å². The Kier molecular flexibility index (Phi) is 5.42. The normalized spacial score (nSPS) is 20.3. The summed E-state index contributed by atoms with van der Waals surface area (Å²) in [5, 5.41) is 14.2. The Morgan fingerprint density at radius 2 is 2.00 bits per heavy atom. The molecule has 0 bridgehead atoms. The Hall–Kier alpha value is -1.89. The molecule has 2 aromatic rings. The van der Waals surface area contributed by atoms with Gasteiger partial charge in [-0.3, -0.25) is 9.69 Å². The maximum absolute atomic E-state index is 12.6. The predicted octanol–water partition coefficient (Wildman–Crippen LogP) is 1.66. The molecule has 1 aromatic carbocycles. The minimum absolute atomic E-state index is 0.0389. The van der Waals surface area contributed by atoms with E-state index in [-0.39, 0.29) is 18.0 Å². The van der Waals surface area contributed by atoms with Crippen LogP contribution in [0.15, 0.2) is 30.5 Å². The van der Waals surface area contributed by atoms with Crippen LogP contribution in [0.3, 0.4) is 0 Å². The van der Waals surface area contributed by atoms with Crippen LogP contribution in [0.4, 0.5) is 0 Å². The number of likely N-dealkylation sites (tertiary alicyclic amines) is 1. The largest absolute Gasteiger partial charge is 0.377 e. The highest BCUT2D eigenvalue weighted by atomic mass is 16.3. The highest BCUT2D eigenvalue weighted by Crippen LogP contribution is 2.23. The van der Waals surface area contributed by atoms with Gasteiger partial charge in [0.05, 0.1) is 5.56 Å². The first-order chi connectivity index (χ1) is 12.0. The van der Waals surface area contributed by atoms with E-state index in [9.17, 15) is 9.90 Å². The second kappa shape index (κ2) is 7.56. The monoisotopic (exact) mass is 344 g/mol. The molecule has 1 fully saturated rings. The number of benzene rings is 1. The maximum atomic E-state index is 12.6. The van der Waals surface area contributed by atoms with Crippen LogP contribution in [0, 0.1) is 5.92 Å². The fraction of sp³-hybridized carbons (Fsp3) is 0.526. The van der Waals surface area contributed by atoms with E-state index in [2.05, 4.69) is 17.2 Å². The van der Waals surface area contributed by atoms with E-state index < -0.39 is 6.23 Å². The number of para-hydroxylation sites is 1. The minimum Gasteiger partial charge on any atom is -0.377 e. The lowest BCUT2D eigenvalue weighted by atomic mass is 9.89. The van der Waals surface area contributed by atoms with Gasteiger partial charge in [0.2, 0.25) is 0 Å². The molecule has 1 aromatic heterocycles. The van der Waals surface area contributed by atoms with Crippen molar-refractivity contribution in [2.45, 2.75) is 45.0 Å². The minimum atomic E-state index is -0.586. The molecule has 1 aliphatic heterocycles. The second-order valence-corrected chi connectivity index (χ2v) is 7.16. The molecule has 0 aliphatic carbocycles. The number of nitrogens with one attached hydrogen (secondary N) is 2. The summed E-state index contributed by atoms with van der Waals surface area (Å²) < 4.78 is 0. The first kappa shape index (κ1) is 17.9. The van der Waals surface area contributed by atoms with Crippen molar-refractivity contribution >= 4 is 16.8 Å². The molecule has 2 unspecified atom stereocenters. The molecule has 1 aliphatic rings. The number of aliphatic hydroxyl groups excluding tert-OH is 1. The zero-order valence-electron chi connectivity index (χ0n) is 14.9. The summed E-state index contributed by atoms with van der Waals surface area (Å²) in [5.41, 5.74) is 7.43. The van der Waals surface area contributed by atoms with Crippen molar-refractivity contribution in [1.82, 2.24) is 15.2 Å². The van der Waals surface area contributed by atoms with E-state index in [0.717, 1.165) is 36.8 Å². The van der Waals surface area contributed by atoms with Gasteiger partial charge in [-0.1, -0.05) is 18.2 Å². The quantitative estimate of drug-likeness (QED) is 0.663. The Balaban J connectivity index is 1.58. The molecule has 5 N–H and O–H groups in total. The average molecular weight is 344 g/mol. The standard InChI is InChI=1S/C19H28N4O2/c1-12(20)19(25)23-9-7-14(8-10-23)13(2)22-18(24)16-11-21-17-6-4-3-5-15(16)17/h3-6,11-14,19,21,25H,7-10,20H2,1-2H3,(H,22,24)/t12-,13?,19?/m0/s1. The molecule has 1 saturated heterocycles. The molecular formula is C19H28N4O2. The van der Waals surface area contributed by atoms with Crippen molar-refractivity contribution in [3.8, 4) is 0 Å². The molecule has 3 rings (SSSR count). The summed E-state index contributed by atoms with van der Waals surface area (Å²) in [4.78, 5) is 17.8. The van der Waals surface area contributed by atoms with Crippen LogP contribution < -0.4 is 11.1 Å². The van der Waals surface area contributed by atoms with Gasteiger partial charge in [0.25, 0.3) is 5.91 Å². The molecule has 0 saturated carbocycles. The average Bonchev–Trinajstić information content (AvgIpc) is 3.05. The van der Waals surface area contributed by atoms with Crippen molar-refractivity contribution < 1.29 is 9.90 Å². The van der Waals surface area contributed by atoms with Crippen molar-refractivity contribution in [3.05, 3.63) is 36.0 Å². The second-order valence-electron chi connectivity index (χ2n) is 7.16. The highest BCUT2D eigenvalue weighted by Gasteiger charge is 2.29. The molecule has 0 spiro atoms. The zero-order valence-corrected chi connectivity index (χ0v) is 14.9. The summed E-state index contributed by atoms with van der Waals surface area (Å²) in [6.07, 6.45) is 3.07. The molecule has 6 nitrogen and oxygen atoms in total. The summed E-state index contributed by atoms with van der Waals surface area (Å²) >= 11 is 0. The third kappa shape index (κ3) is 3.86. The van der Waals surface area contributed by atoms with Crippen molar-refractivity contribution in [1.29, 1.82) is 0 Å². The lowest BCUT2D eigenvalue weighted by Crippen LogP contribution is -2.51. The summed E-state index contributed by atoms with van der Waals surface area (Å²) in [6.45, 7) is 5.50. The van der Waals surface area contributed by atoms with Gasteiger partial charge in [-0.15, -0.1) is 0 Å². The van der Waals surface area contributed by atoms with Gasteiger partial charge in [0.15, 0.2) is 0 Å². The first-order valence-electron chi connectivity index (χ1n) is 9.02. The topological polar surface area (TPSA) is 94.4 Å². The molecule has 0 radical (unpaired) electrons. The Morgan fingerprint density at radius 3 is 2.68 bits per heavy atom. The molecule has 1 amide bonds. The van der Waals surface area contributed by atoms with Crippen LogP contribution in [0.1, 0.15) is 37.0 Å². The van der Waals surface area contributed by atoms with Crippen molar-refractivity contribution in [2.75, 3.05) is 13.1 Å². The van der Waals surface area contributed by atoms with E-state index >= 15 is 0 Å². The van der Waals surface area contributed by atoms with E-state index in [1.807, 2.05) is 36.1 Å². The van der Waals surface area contributed by atoms with Gasteiger partial charge in [-0.2, -0.15) is 0 Å². The summed E-state index contributed by atoms with van der Waals surface area (Å²) in [7, 11) is 0. The fourth-order valence-electron chi connectivity index (χ4n) is 3.68. The number of amides is 1. The third-order valence-corrected chi connectivity index (χ3v) is 5.32. The molecular weight excluding hydrogens is 316 g/mol. The Labute approximate surface area is 148 Å². The van der Waals surface area contributed by atoms with Gasteiger partial charge >= 0.3 is 0 Å². The van der Waals surface area contributed by atoms with Crippen LogP contribution in [0.2, 0.25) is 0 Å². The van der Waals surface area contributed by atoms with Gasteiger partial charge in [-0.25, -0.2) is 0 Å². The third-order valence-electron chi connectivity index (χ3n) is 5.32. The molecule has 2 heterocycles. The van der Waals surface area contributed by atoms with E-state index in [1.165, 1.54) is 0 Å². The van der Waals surface area contributed by atoms with Crippen LogP contribution in [0.5, 0.6) is 0 Å². The number of aromatic nitrogens is 1. The van der Waals surface area contributed by atoms with Gasteiger partial charge in [0, 0.05) is 42.3 Å². The molecule has 6 heteroatoms. The molecule has 136 valence electrons. The number of piperidine rings is 1. The number of carbonyl (C=O) groups excluding carboxylic acids is 1. The van der Waals surface area contributed by atoms with Gasteiger partial charge in [-0.05, 0) is 38.7 Å². The van der Waals surface area contributed by atoms with Gasteiger partial charge in [0.1, 0.15) is 6.23 Å². The van der Waals surface area contributed by atoms with Crippen molar-refractivity contribution in [3.63, 3.8) is 0 Å². The smallest absolute Gasteiger partial charge is 0.253 e. The number of carbonyl (C=O) groups is 1. The van der Waals surface area contributed by atoms with Crippen molar-refractivity contribution in [2.24, 2.45) is 11.7 Å². The Bertz CT molecular complexity index is 719. The first-order valence-corrected chi connectivity index (χ1v) is 9.02. The number of aromatic amines is 1. The number of H-pyrrole nitrogens is 1. The summed E-state index contributed by atoms with van der Waals surface area (Å²) in [5.74, 6) is 0.369. The van der Waals surface area contributed by atoms with Crippen LogP contribution in [-0.2, 0) is 0 Å². The number of hydrogen-bond acceptors (Lipinski definition) is 4. The van der Waals surface area contributed by atoms with Crippen LogP contribution in [-0.4, -0.2) is 52.3 Å². The number of nitrogens with zero attached hydrogens (tertiary/aromatic N) is 1. The van der Waals surface area contributed by atoms with Crippen LogP contribution >= 0.6 is 0 Å². The lowest BCUT2D eigenvalue weighted by Gasteiger charge is -2.38. The van der Waals surface area contributed by atoms with Gasteiger partial charge < -0.3 is 21.1 Å². The zero-order chi connectivity index (χ0) is 18.0. The Morgan fingerprint density at radius 1 is 1.32 bits per heavy atom. The highest BCUT2D eigenvalue weighted by molar-refractivity contribution is 6.06. The fourth-order valence-corrected chi connectivity index (χ4v) is 3.68. The van der Waals surface area contributed by atoms with E-state index in [4.69, 9.17) is 5.73 Å². The molecule has 3 atom stereocenters. The number of aliphatic hydroxyl groups is 1. The number of nitrogens with two attached hydrogens (primary N) is 1. The van der Waals surface area contributed by atoms with E-state index in [1.54, 1.807) is 6.20 Å². The SMILES string of the molecule is CC(NC(=O)c1c[nH]c2ccccc12)C1CCN(C(O)[C@H](C)N)CC1. The number of rotatable bonds is 5. The predicted molar refractivity (Wildman–Crippen MR) is 99.2 cm³/mol. The maximum Gasteiger partial charge on any atom is 0.253 e. The lowest BCUT2D eigenvalue weighted by molar-refractivity contribution is -0.0317. The number of fused-ring (bicyclic) bond motifs is 1. The molecule has 25 heavy (non-hydrogen) atoms. The van der Waals surface area contributed by atoms with Crippen LogP contribution in [0.25, 0.3) is 10.9 Å².